The number of thiazole rings is 1. The molecule has 0 saturated carbocycles. The Balaban J connectivity index is 1.66. The van der Waals surface area contributed by atoms with Crippen molar-refractivity contribution in [3.63, 3.8) is 0 Å². The fraction of sp³-hybridized carbons (Fsp3) is 0.476. The number of carbonyl (C=O) groups excluding carboxylic acids is 2. The molecule has 1 spiro atoms. The van der Waals surface area contributed by atoms with Gasteiger partial charge in [-0.05, 0) is 36.6 Å². The molecule has 1 aromatic carbocycles. The topological polar surface area (TPSA) is 121 Å². The molecule has 2 aromatic rings. The molecule has 0 radical (unpaired) electrons. The average molecular weight is 528 g/mol. The van der Waals surface area contributed by atoms with E-state index >= 15 is 0 Å². The van der Waals surface area contributed by atoms with Gasteiger partial charge in [0, 0.05) is 57.9 Å². The van der Waals surface area contributed by atoms with Crippen LogP contribution in [0.1, 0.15) is 25.3 Å². The number of aromatic nitrogens is 1. The summed E-state index contributed by atoms with van der Waals surface area (Å²) in [6.07, 6.45) is 2.63. The van der Waals surface area contributed by atoms with Gasteiger partial charge in [-0.15, -0.1) is 0 Å². The number of hydrogen-bond acceptors (Lipinski definition) is 7. The summed E-state index contributed by atoms with van der Waals surface area (Å²) in [5.74, 6) is -0.0534. The van der Waals surface area contributed by atoms with Crippen molar-refractivity contribution in [3.05, 3.63) is 34.3 Å². The Morgan fingerprint density at radius 3 is 2.76 bits per heavy atom. The first kappa shape index (κ1) is 24.9. The van der Waals surface area contributed by atoms with Gasteiger partial charge in [0.25, 0.3) is 0 Å². The molecular weight excluding hydrogens is 502 g/mol. The van der Waals surface area contributed by atoms with Gasteiger partial charge >= 0.3 is 6.03 Å². The van der Waals surface area contributed by atoms with Gasteiger partial charge in [0.05, 0.1) is 11.1 Å². The molecule has 34 heavy (non-hydrogen) atoms. The molecule has 4 rings (SSSR count). The van der Waals surface area contributed by atoms with Crippen LogP contribution in [-0.2, 0) is 25.0 Å². The molecule has 2 aliphatic rings. The van der Waals surface area contributed by atoms with Crippen LogP contribution in [0.25, 0.3) is 0 Å². The molecule has 0 aliphatic carbocycles. The standard InChI is InChI=1S/C21H26ClN5O5S2/c1-14(28)26-8-6-21(12-26)13-27(20(29)25-19-23-11-18(22)33-19)17-5-4-15(10-16(17)21)34(30,31)24-7-3-9-32-2/h4-5,10-11,24H,3,6-9,12-13H2,1-2H3,(H,23,25,29). The van der Waals surface area contributed by atoms with Gasteiger partial charge in [0.1, 0.15) is 4.34 Å². The predicted octanol–water partition coefficient (Wildman–Crippen LogP) is 2.65. The fourth-order valence-electron chi connectivity index (χ4n) is 4.46. The number of sulfonamides is 1. The molecule has 184 valence electrons. The molecule has 2 N–H and O–H groups in total. The van der Waals surface area contributed by atoms with E-state index in [4.69, 9.17) is 16.3 Å². The summed E-state index contributed by atoms with van der Waals surface area (Å²) in [7, 11) is -2.19. The van der Waals surface area contributed by atoms with Crippen LogP contribution in [0.2, 0.25) is 4.34 Å². The third-order valence-corrected chi connectivity index (χ3v) is 8.64. The Labute approximate surface area is 207 Å². The number of amides is 3. The number of anilines is 2. The SMILES string of the molecule is COCCCNS(=O)(=O)c1ccc2c(c1)C1(CCN(C(C)=O)C1)CN2C(=O)Nc1ncc(Cl)s1. The highest BCUT2D eigenvalue weighted by Crippen LogP contribution is 2.47. The Hall–Kier alpha value is -2.25. The molecule has 3 heterocycles. The first-order valence-electron chi connectivity index (χ1n) is 10.7. The van der Waals surface area contributed by atoms with Gasteiger partial charge in [-0.1, -0.05) is 22.9 Å². The first-order chi connectivity index (χ1) is 16.1. The lowest BCUT2D eigenvalue weighted by atomic mass is 9.81. The largest absolute Gasteiger partial charge is 0.385 e. The summed E-state index contributed by atoms with van der Waals surface area (Å²) >= 11 is 7.07. The van der Waals surface area contributed by atoms with Crippen LogP contribution >= 0.6 is 22.9 Å². The number of ether oxygens (including phenoxy) is 1. The van der Waals surface area contributed by atoms with Gasteiger partial charge in [-0.2, -0.15) is 0 Å². The molecular formula is C21H26ClN5O5S2. The molecule has 3 amide bonds. The van der Waals surface area contributed by atoms with E-state index in [9.17, 15) is 18.0 Å². The van der Waals surface area contributed by atoms with Crippen LogP contribution in [0.3, 0.4) is 0 Å². The molecule has 1 fully saturated rings. The zero-order valence-corrected chi connectivity index (χ0v) is 21.2. The van der Waals surface area contributed by atoms with E-state index in [1.165, 1.54) is 19.2 Å². The van der Waals surface area contributed by atoms with Gasteiger partial charge in [-0.25, -0.2) is 22.9 Å². The summed E-state index contributed by atoms with van der Waals surface area (Å²) in [5.41, 5.74) is 0.799. The Morgan fingerprint density at radius 2 is 2.12 bits per heavy atom. The second-order valence-corrected chi connectivity index (χ2v) is 11.8. The van der Waals surface area contributed by atoms with E-state index in [2.05, 4.69) is 15.0 Å². The number of rotatable bonds is 7. The monoisotopic (exact) mass is 527 g/mol. The Kier molecular flexibility index (Phi) is 7.15. The van der Waals surface area contributed by atoms with Crippen LogP contribution in [0.4, 0.5) is 15.6 Å². The van der Waals surface area contributed by atoms with Crippen LogP contribution < -0.4 is 14.9 Å². The van der Waals surface area contributed by atoms with Crippen LogP contribution in [0.15, 0.2) is 29.3 Å². The number of halogens is 1. The number of urea groups is 1. The number of carbonyl (C=O) groups is 2. The van der Waals surface area contributed by atoms with E-state index in [1.54, 1.807) is 29.0 Å². The average Bonchev–Trinajstić information content (AvgIpc) is 3.49. The molecule has 1 aromatic heterocycles. The number of likely N-dealkylation sites (tertiary alicyclic amines) is 1. The van der Waals surface area contributed by atoms with E-state index < -0.39 is 21.5 Å². The van der Waals surface area contributed by atoms with E-state index in [0.29, 0.717) is 54.2 Å². The summed E-state index contributed by atoms with van der Waals surface area (Å²) in [5, 5.41) is 3.13. The summed E-state index contributed by atoms with van der Waals surface area (Å²) in [6, 6.07) is 4.39. The predicted molar refractivity (Wildman–Crippen MR) is 130 cm³/mol. The fourth-order valence-corrected chi connectivity index (χ4v) is 6.37. The summed E-state index contributed by atoms with van der Waals surface area (Å²) in [4.78, 5) is 32.7. The van der Waals surface area contributed by atoms with Crippen molar-refractivity contribution in [2.45, 2.75) is 30.1 Å². The summed E-state index contributed by atoms with van der Waals surface area (Å²) in [6.45, 7) is 3.48. The van der Waals surface area contributed by atoms with Gasteiger partial charge in [0.15, 0.2) is 5.13 Å². The quantitative estimate of drug-likeness (QED) is 0.534. The smallest absolute Gasteiger partial charge is 0.328 e. The van der Waals surface area contributed by atoms with Crippen molar-refractivity contribution in [1.29, 1.82) is 0 Å². The minimum absolute atomic E-state index is 0.0534. The van der Waals surface area contributed by atoms with Crippen molar-refractivity contribution in [2.24, 2.45) is 0 Å². The van der Waals surface area contributed by atoms with Crippen molar-refractivity contribution in [3.8, 4) is 0 Å². The van der Waals surface area contributed by atoms with Gasteiger partial charge < -0.3 is 9.64 Å². The molecule has 13 heteroatoms. The molecule has 1 atom stereocenters. The number of benzene rings is 1. The lowest BCUT2D eigenvalue weighted by Crippen LogP contribution is -2.41. The lowest BCUT2D eigenvalue weighted by molar-refractivity contribution is -0.127. The van der Waals surface area contributed by atoms with Crippen molar-refractivity contribution in [1.82, 2.24) is 14.6 Å². The maximum absolute atomic E-state index is 13.1. The van der Waals surface area contributed by atoms with Crippen molar-refractivity contribution >= 4 is 55.7 Å². The van der Waals surface area contributed by atoms with Crippen LogP contribution in [0, 0.1) is 0 Å². The number of fused-ring (bicyclic) bond motifs is 2. The second-order valence-electron chi connectivity index (χ2n) is 8.38. The first-order valence-corrected chi connectivity index (χ1v) is 13.4. The number of methoxy groups -OCH3 is 1. The maximum atomic E-state index is 13.1. The highest BCUT2D eigenvalue weighted by Gasteiger charge is 2.49. The highest BCUT2D eigenvalue weighted by molar-refractivity contribution is 7.89. The minimum Gasteiger partial charge on any atom is -0.385 e. The van der Waals surface area contributed by atoms with Crippen LogP contribution in [-0.4, -0.2) is 70.1 Å². The van der Waals surface area contributed by atoms with Crippen molar-refractivity contribution < 1.29 is 22.7 Å². The van der Waals surface area contributed by atoms with Crippen molar-refractivity contribution in [2.75, 3.05) is 50.1 Å². The molecule has 0 bridgehead atoms. The summed E-state index contributed by atoms with van der Waals surface area (Å²) < 4.78 is 33.8. The molecule has 10 nitrogen and oxygen atoms in total. The molecule has 1 saturated heterocycles. The third-order valence-electron chi connectivity index (χ3n) is 6.15. The van der Waals surface area contributed by atoms with Gasteiger partial charge in [0.2, 0.25) is 15.9 Å². The Bertz CT molecular complexity index is 1200. The third kappa shape index (κ3) is 4.91. The lowest BCUT2D eigenvalue weighted by Gasteiger charge is -2.25. The molecule has 2 aliphatic heterocycles. The maximum Gasteiger partial charge on any atom is 0.328 e. The van der Waals surface area contributed by atoms with E-state index in [1.807, 2.05) is 0 Å². The zero-order valence-electron chi connectivity index (χ0n) is 18.8. The van der Waals surface area contributed by atoms with E-state index in [0.717, 1.165) is 16.9 Å². The highest BCUT2D eigenvalue weighted by atomic mass is 35.5. The second kappa shape index (κ2) is 9.78. The number of hydrogen-bond donors (Lipinski definition) is 2. The molecule has 1 unspecified atom stereocenters. The number of nitrogens with zero attached hydrogens (tertiary/aromatic N) is 3. The van der Waals surface area contributed by atoms with E-state index in [-0.39, 0.29) is 17.3 Å². The van der Waals surface area contributed by atoms with Crippen LogP contribution in [0.5, 0.6) is 0 Å². The zero-order chi connectivity index (χ0) is 24.5. The number of nitrogens with one attached hydrogen (secondary N) is 2. The normalized spacial score (nSPS) is 19.6. The minimum atomic E-state index is -3.75. The Morgan fingerprint density at radius 1 is 1.32 bits per heavy atom. The van der Waals surface area contributed by atoms with Gasteiger partial charge in [-0.3, -0.25) is 15.0 Å².